The van der Waals surface area contributed by atoms with Crippen molar-refractivity contribution in [3.8, 4) is 5.75 Å². The van der Waals surface area contributed by atoms with E-state index in [0.717, 1.165) is 18.7 Å². The van der Waals surface area contributed by atoms with E-state index in [1.165, 1.54) is 5.56 Å². The van der Waals surface area contributed by atoms with Gasteiger partial charge in [0.25, 0.3) is 0 Å². The van der Waals surface area contributed by atoms with Gasteiger partial charge in [0.05, 0.1) is 0 Å². The molecule has 114 valence electrons. The molecule has 1 aromatic rings. The standard InChI is InChI=1S/C18H31NO/c1-7-12-19-17(18(4,5)6)13-20-16-10-8-15(9-11-16)14(2)3/h8-11,14,17,19H,7,12-13H2,1-6H3. The molecule has 0 amide bonds. The van der Waals surface area contributed by atoms with E-state index < -0.39 is 0 Å². The number of hydrogen-bond donors (Lipinski definition) is 1. The molecule has 0 aromatic heterocycles. The lowest BCUT2D eigenvalue weighted by molar-refractivity contribution is 0.174. The highest BCUT2D eigenvalue weighted by Gasteiger charge is 2.24. The first-order valence-corrected chi connectivity index (χ1v) is 7.80. The average Bonchev–Trinajstić information content (AvgIpc) is 2.37. The van der Waals surface area contributed by atoms with E-state index in [4.69, 9.17) is 4.74 Å². The molecule has 0 fully saturated rings. The summed E-state index contributed by atoms with van der Waals surface area (Å²) < 4.78 is 5.96. The van der Waals surface area contributed by atoms with Gasteiger partial charge in [-0.05, 0) is 42.0 Å². The molecule has 0 spiro atoms. The van der Waals surface area contributed by atoms with E-state index in [2.05, 4.69) is 71.1 Å². The smallest absolute Gasteiger partial charge is 0.119 e. The van der Waals surface area contributed by atoms with Gasteiger partial charge in [0.15, 0.2) is 0 Å². The van der Waals surface area contributed by atoms with Crippen molar-refractivity contribution in [3.63, 3.8) is 0 Å². The minimum absolute atomic E-state index is 0.201. The first-order chi connectivity index (χ1) is 9.34. The molecular weight excluding hydrogens is 246 g/mol. The Morgan fingerprint density at radius 2 is 1.70 bits per heavy atom. The zero-order chi connectivity index (χ0) is 15.2. The monoisotopic (exact) mass is 277 g/mol. The van der Waals surface area contributed by atoms with Crippen LogP contribution in [0.4, 0.5) is 0 Å². The van der Waals surface area contributed by atoms with Crippen LogP contribution in [0.15, 0.2) is 24.3 Å². The molecule has 1 unspecified atom stereocenters. The van der Waals surface area contributed by atoms with Crippen LogP contribution in [0, 0.1) is 5.41 Å². The van der Waals surface area contributed by atoms with Gasteiger partial charge in [-0.25, -0.2) is 0 Å². The molecule has 0 heterocycles. The fourth-order valence-electron chi connectivity index (χ4n) is 2.06. The Kier molecular flexibility index (Phi) is 6.54. The highest BCUT2D eigenvalue weighted by molar-refractivity contribution is 5.28. The minimum Gasteiger partial charge on any atom is -0.492 e. The van der Waals surface area contributed by atoms with Gasteiger partial charge < -0.3 is 10.1 Å². The highest BCUT2D eigenvalue weighted by atomic mass is 16.5. The molecule has 2 nitrogen and oxygen atoms in total. The van der Waals surface area contributed by atoms with Crippen molar-refractivity contribution in [2.24, 2.45) is 5.41 Å². The summed E-state index contributed by atoms with van der Waals surface area (Å²) in [7, 11) is 0. The average molecular weight is 277 g/mol. The Hall–Kier alpha value is -1.02. The lowest BCUT2D eigenvalue weighted by atomic mass is 9.87. The third-order valence-corrected chi connectivity index (χ3v) is 3.65. The summed E-state index contributed by atoms with van der Waals surface area (Å²) in [6.07, 6.45) is 1.15. The number of hydrogen-bond acceptors (Lipinski definition) is 2. The van der Waals surface area contributed by atoms with E-state index in [-0.39, 0.29) is 5.41 Å². The highest BCUT2D eigenvalue weighted by Crippen LogP contribution is 2.22. The number of rotatable bonds is 7. The number of nitrogens with one attached hydrogen (secondary N) is 1. The summed E-state index contributed by atoms with van der Waals surface area (Å²) in [6, 6.07) is 8.84. The zero-order valence-corrected chi connectivity index (χ0v) is 14.0. The molecule has 0 bridgehead atoms. The summed E-state index contributed by atoms with van der Waals surface area (Å²) in [5.41, 5.74) is 1.56. The third kappa shape index (κ3) is 5.54. The summed E-state index contributed by atoms with van der Waals surface area (Å²) in [4.78, 5) is 0. The molecule has 1 atom stereocenters. The molecule has 0 saturated carbocycles. The van der Waals surface area contributed by atoms with Crippen molar-refractivity contribution in [1.29, 1.82) is 0 Å². The normalized spacial score (nSPS) is 13.6. The predicted molar refractivity (Wildman–Crippen MR) is 87.6 cm³/mol. The lowest BCUT2D eigenvalue weighted by Crippen LogP contribution is -2.45. The largest absolute Gasteiger partial charge is 0.492 e. The minimum atomic E-state index is 0.201. The molecule has 1 rings (SSSR count). The topological polar surface area (TPSA) is 21.3 Å². The predicted octanol–water partition coefficient (Wildman–Crippen LogP) is 4.60. The van der Waals surface area contributed by atoms with Crippen LogP contribution in [0.3, 0.4) is 0 Å². The summed E-state index contributed by atoms with van der Waals surface area (Å²) in [5.74, 6) is 1.53. The number of ether oxygens (including phenoxy) is 1. The maximum Gasteiger partial charge on any atom is 0.119 e. The Morgan fingerprint density at radius 3 is 2.15 bits per heavy atom. The van der Waals surface area contributed by atoms with Gasteiger partial charge in [-0.15, -0.1) is 0 Å². The summed E-state index contributed by atoms with van der Waals surface area (Å²) in [6.45, 7) is 15.1. The van der Waals surface area contributed by atoms with E-state index >= 15 is 0 Å². The Bertz CT molecular complexity index is 375. The van der Waals surface area contributed by atoms with Crippen molar-refractivity contribution in [2.45, 2.75) is 59.9 Å². The first-order valence-electron chi connectivity index (χ1n) is 7.80. The van der Waals surface area contributed by atoms with Crippen LogP contribution in [0.5, 0.6) is 5.75 Å². The van der Waals surface area contributed by atoms with Crippen molar-refractivity contribution in [1.82, 2.24) is 5.32 Å². The second-order valence-corrected chi connectivity index (χ2v) is 6.91. The van der Waals surface area contributed by atoms with E-state index in [9.17, 15) is 0 Å². The molecule has 20 heavy (non-hydrogen) atoms. The molecule has 1 N–H and O–H groups in total. The van der Waals surface area contributed by atoms with Gasteiger partial charge in [-0.3, -0.25) is 0 Å². The molecule has 0 aliphatic heterocycles. The van der Waals surface area contributed by atoms with Crippen molar-refractivity contribution >= 4 is 0 Å². The molecule has 1 aromatic carbocycles. The summed E-state index contributed by atoms with van der Waals surface area (Å²) in [5, 5.41) is 3.58. The van der Waals surface area contributed by atoms with Gasteiger partial charge in [0.2, 0.25) is 0 Å². The van der Waals surface area contributed by atoms with Crippen LogP contribution in [-0.4, -0.2) is 19.2 Å². The van der Waals surface area contributed by atoms with Gasteiger partial charge in [-0.1, -0.05) is 53.7 Å². The van der Waals surface area contributed by atoms with E-state index in [1.807, 2.05) is 0 Å². The van der Waals surface area contributed by atoms with Crippen LogP contribution in [0.2, 0.25) is 0 Å². The van der Waals surface area contributed by atoms with Crippen LogP contribution in [-0.2, 0) is 0 Å². The molecular formula is C18H31NO. The first kappa shape index (κ1) is 17.0. The molecule has 0 radical (unpaired) electrons. The number of benzene rings is 1. The van der Waals surface area contributed by atoms with Gasteiger partial charge >= 0.3 is 0 Å². The van der Waals surface area contributed by atoms with Crippen molar-refractivity contribution in [2.75, 3.05) is 13.2 Å². The van der Waals surface area contributed by atoms with Gasteiger partial charge in [-0.2, -0.15) is 0 Å². The molecule has 0 saturated heterocycles. The SMILES string of the molecule is CCCNC(COc1ccc(C(C)C)cc1)C(C)(C)C. The second-order valence-electron chi connectivity index (χ2n) is 6.91. The van der Waals surface area contributed by atoms with Crippen LogP contribution < -0.4 is 10.1 Å². The van der Waals surface area contributed by atoms with E-state index in [1.54, 1.807) is 0 Å². The molecule has 0 aliphatic carbocycles. The third-order valence-electron chi connectivity index (χ3n) is 3.65. The van der Waals surface area contributed by atoms with Crippen LogP contribution in [0.1, 0.15) is 59.4 Å². The van der Waals surface area contributed by atoms with Gasteiger partial charge in [0.1, 0.15) is 12.4 Å². The lowest BCUT2D eigenvalue weighted by Gasteiger charge is -2.31. The maximum absolute atomic E-state index is 5.96. The quantitative estimate of drug-likeness (QED) is 0.786. The Morgan fingerprint density at radius 1 is 1.10 bits per heavy atom. The van der Waals surface area contributed by atoms with Gasteiger partial charge in [0, 0.05) is 6.04 Å². The fraction of sp³-hybridized carbons (Fsp3) is 0.667. The zero-order valence-electron chi connectivity index (χ0n) is 14.0. The molecule has 2 heteroatoms. The Labute approximate surface area is 124 Å². The summed E-state index contributed by atoms with van der Waals surface area (Å²) >= 11 is 0. The van der Waals surface area contributed by atoms with E-state index in [0.29, 0.717) is 18.6 Å². The maximum atomic E-state index is 5.96. The molecule has 0 aliphatic rings. The Balaban J connectivity index is 2.58. The second kappa shape index (κ2) is 7.68. The van der Waals surface area contributed by atoms with Crippen molar-refractivity contribution < 1.29 is 4.74 Å². The fourth-order valence-corrected chi connectivity index (χ4v) is 2.06. The van der Waals surface area contributed by atoms with Crippen LogP contribution in [0.25, 0.3) is 0 Å². The van der Waals surface area contributed by atoms with Crippen molar-refractivity contribution in [3.05, 3.63) is 29.8 Å². The van der Waals surface area contributed by atoms with Crippen LogP contribution >= 0.6 is 0 Å².